The van der Waals surface area contributed by atoms with Crippen LogP contribution in [0.4, 0.5) is 4.39 Å². The number of halogens is 1. The van der Waals surface area contributed by atoms with Crippen LogP contribution in [-0.2, 0) is 16.1 Å². The quantitative estimate of drug-likeness (QED) is 0.482. The molecule has 0 bridgehead atoms. The lowest BCUT2D eigenvalue weighted by Gasteiger charge is -2.27. The monoisotopic (exact) mass is 453 g/mol. The Morgan fingerprint density at radius 3 is 2.79 bits per heavy atom. The van der Waals surface area contributed by atoms with Gasteiger partial charge in [-0.2, -0.15) is 0 Å². The van der Waals surface area contributed by atoms with E-state index in [1.807, 2.05) is 24.0 Å². The third-order valence-electron chi connectivity index (χ3n) is 6.45. The predicted molar refractivity (Wildman–Crippen MR) is 126 cm³/mol. The molecule has 1 aromatic carbocycles. The number of benzene rings is 1. The largest absolute Gasteiger partial charge is 0.394 e. The molecule has 2 unspecified atom stereocenters. The average Bonchev–Trinajstić information content (AvgIpc) is 3.56. The van der Waals surface area contributed by atoms with E-state index < -0.39 is 6.04 Å². The fourth-order valence-corrected chi connectivity index (χ4v) is 4.64. The van der Waals surface area contributed by atoms with Gasteiger partial charge in [-0.1, -0.05) is 0 Å². The number of likely N-dealkylation sites (tertiary alicyclic amines) is 1. The Bertz CT molecular complexity index is 1030. The number of hydrogen-bond acceptors (Lipinski definition) is 5. The van der Waals surface area contributed by atoms with Crippen LogP contribution in [0.5, 0.6) is 0 Å². The molecule has 1 aliphatic carbocycles. The molecule has 1 aromatic rings. The van der Waals surface area contributed by atoms with Gasteiger partial charge < -0.3 is 26.6 Å². The molecule has 3 aliphatic rings. The summed E-state index contributed by atoms with van der Waals surface area (Å²) >= 11 is 0. The van der Waals surface area contributed by atoms with Gasteiger partial charge in [0.25, 0.3) is 0 Å². The Labute approximate surface area is 194 Å². The van der Waals surface area contributed by atoms with Crippen molar-refractivity contribution in [3.63, 3.8) is 0 Å². The lowest BCUT2D eigenvalue weighted by atomic mass is 10.0. The first-order valence-corrected chi connectivity index (χ1v) is 11.5. The molecule has 0 radical (unpaired) electrons. The molecule has 2 fully saturated rings. The maximum absolute atomic E-state index is 14.2. The Morgan fingerprint density at radius 2 is 2.09 bits per heavy atom. The van der Waals surface area contributed by atoms with Crippen molar-refractivity contribution >= 4 is 17.4 Å². The minimum atomic E-state index is -0.602. The molecular weight excluding hydrogens is 421 g/mol. The van der Waals surface area contributed by atoms with Gasteiger partial charge in [-0.15, -0.1) is 0 Å². The first kappa shape index (κ1) is 23.0. The van der Waals surface area contributed by atoms with Gasteiger partial charge in [0.05, 0.1) is 0 Å². The number of allylic oxidation sites excluding steroid dienone is 2. The van der Waals surface area contributed by atoms with Crippen molar-refractivity contribution < 1.29 is 14.0 Å². The lowest BCUT2D eigenvalue weighted by molar-refractivity contribution is -0.130. The molecule has 0 spiro atoms. The van der Waals surface area contributed by atoms with Gasteiger partial charge in [-0.3, -0.25) is 9.59 Å². The van der Waals surface area contributed by atoms with Gasteiger partial charge >= 0.3 is 0 Å². The molecule has 8 heteroatoms. The van der Waals surface area contributed by atoms with Crippen LogP contribution in [0.15, 0.2) is 47.9 Å². The first-order chi connectivity index (χ1) is 15.9. The summed E-state index contributed by atoms with van der Waals surface area (Å²) in [6.07, 6.45) is 8.62. The molecule has 2 atom stereocenters. The fraction of sp³-hybridized carbons (Fsp3) is 0.440. The van der Waals surface area contributed by atoms with Crippen LogP contribution in [0.25, 0.3) is 5.57 Å². The molecule has 0 aromatic heterocycles. The maximum Gasteiger partial charge on any atom is 0.246 e. The lowest BCUT2D eigenvalue weighted by Crippen LogP contribution is -2.44. The number of nitrogens with one attached hydrogen (secondary N) is 3. The van der Waals surface area contributed by atoms with E-state index in [0.29, 0.717) is 23.6 Å². The van der Waals surface area contributed by atoms with Crippen molar-refractivity contribution in [2.75, 3.05) is 20.1 Å². The van der Waals surface area contributed by atoms with E-state index in [1.54, 1.807) is 19.3 Å². The van der Waals surface area contributed by atoms with Gasteiger partial charge in [0.2, 0.25) is 11.8 Å². The summed E-state index contributed by atoms with van der Waals surface area (Å²) in [5.74, 6) is 0.210. The Balaban J connectivity index is 1.43. The zero-order chi connectivity index (χ0) is 23.5. The van der Waals surface area contributed by atoms with Crippen molar-refractivity contribution in [3.8, 4) is 0 Å². The summed E-state index contributed by atoms with van der Waals surface area (Å²) in [7, 11) is 1.76. The molecule has 4 rings (SSSR count). The molecule has 33 heavy (non-hydrogen) atoms. The first-order valence-electron chi connectivity index (χ1n) is 11.5. The smallest absolute Gasteiger partial charge is 0.246 e. The predicted octanol–water partition coefficient (Wildman–Crippen LogP) is 1.98. The number of amides is 2. The van der Waals surface area contributed by atoms with Crippen molar-refractivity contribution in [1.82, 2.24) is 20.9 Å². The molecule has 2 amide bonds. The number of carbonyl (C=O) groups is 2. The second-order valence-corrected chi connectivity index (χ2v) is 8.99. The second kappa shape index (κ2) is 9.79. The second-order valence-electron chi connectivity index (χ2n) is 8.99. The molecule has 2 heterocycles. The van der Waals surface area contributed by atoms with Crippen LogP contribution >= 0.6 is 0 Å². The fourth-order valence-electron chi connectivity index (χ4n) is 4.64. The summed E-state index contributed by atoms with van der Waals surface area (Å²) in [4.78, 5) is 27.6. The van der Waals surface area contributed by atoms with Crippen molar-refractivity contribution in [2.24, 2.45) is 17.6 Å². The zero-order valence-corrected chi connectivity index (χ0v) is 19.2. The summed E-state index contributed by atoms with van der Waals surface area (Å²) in [6.45, 7) is 3.02. The van der Waals surface area contributed by atoms with Gasteiger partial charge in [0.15, 0.2) is 0 Å². The van der Waals surface area contributed by atoms with Crippen LogP contribution in [0.3, 0.4) is 0 Å². The van der Waals surface area contributed by atoms with E-state index in [9.17, 15) is 14.0 Å². The Morgan fingerprint density at radius 1 is 1.30 bits per heavy atom. The molecule has 1 saturated heterocycles. The van der Waals surface area contributed by atoms with E-state index in [-0.39, 0.29) is 36.6 Å². The highest BCUT2D eigenvalue weighted by molar-refractivity contribution is 5.87. The van der Waals surface area contributed by atoms with Crippen molar-refractivity contribution in [2.45, 2.75) is 38.8 Å². The van der Waals surface area contributed by atoms with E-state index in [2.05, 4.69) is 16.0 Å². The number of nitrogens with two attached hydrogens (primary N) is 1. The molecule has 7 nitrogen and oxygen atoms in total. The minimum Gasteiger partial charge on any atom is -0.394 e. The Kier molecular flexibility index (Phi) is 6.83. The number of hydrogen-bond donors (Lipinski definition) is 4. The van der Waals surface area contributed by atoms with E-state index in [0.717, 1.165) is 36.2 Å². The van der Waals surface area contributed by atoms with Crippen LogP contribution < -0.4 is 21.7 Å². The van der Waals surface area contributed by atoms with Crippen LogP contribution in [-0.4, -0.2) is 42.9 Å². The number of rotatable bonds is 8. The van der Waals surface area contributed by atoms with E-state index >= 15 is 0 Å². The van der Waals surface area contributed by atoms with Crippen molar-refractivity contribution in [3.05, 3.63) is 64.9 Å². The third kappa shape index (κ3) is 5.27. The normalized spacial score (nSPS) is 23.1. The molecule has 1 saturated carbocycles. The van der Waals surface area contributed by atoms with Gasteiger partial charge in [-0.25, -0.2) is 4.39 Å². The molecule has 2 aliphatic heterocycles. The summed E-state index contributed by atoms with van der Waals surface area (Å²) in [6, 6.07) is 4.05. The summed E-state index contributed by atoms with van der Waals surface area (Å²) in [5, 5.41) is 8.96. The highest BCUT2D eigenvalue weighted by atomic mass is 19.1. The van der Waals surface area contributed by atoms with Crippen molar-refractivity contribution in [1.29, 1.82) is 0 Å². The standard InChI is InChI=1S/C25H32FN5O2/c1-15-7-21(31-6-5-22(25(31)33)17-3-4-17)11-23(30-15)24(32)29-13-16-8-18(10-20(26)9-16)19(12-27)14-28-2/h7-11,14,17,22-23,28,30H,3-6,12-13,27H2,1-2H3,(H,29,32)/b19-14+. The third-order valence-corrected chi connectivity index (χ3v) is 6.45. The van der Waals surface area contributed by atoms with E-state index in [4.69, 9.17) is 5.73 Å². The summed E-state index contributed by atoms with van der Waals surface area (Å²) in [5.41, 5.74) is 9.46. The van der Waals surface area contributed by atoms with E-state index in [1.165, 1.54) is 12.1 Å². The SMILES string of the molecule is CN/C=C(\CN)c1cc(F)cc(CNC(=O)C2C=C(N3CCC(C4CC4)C3=O)C=C(C)N2)c1. The number of dihydropyridines is 1. The number of carbonyl (C=O) groups excluding carboxylic acids is 2. The maximum atomic E-state index is 14.2. The topological polar surface area (TPSA) is 99.5 Å². The number of nitrogens with zero attached hydrogens (tertiary/aromatic N) is 1. The minimum absolute atomic E-state index is 0.124. The molecule has 5 N–H and O–H groups in total. The van der Waals surface area contributed by atoms with Crippen LogP contribution in [0, 0.1) is 17.7 Å². The highest BCUT2D eigenvalue weighted by Crippen LogP contribution is 2.43. The summed E-state index contributed by atoms with van der Waals surface area (Å²) < 4.78 is 14.2. The van der Waals surface area contributed by atoms with Gasteiger partial charge in [0.1, 0.15) is 11.9 Å². The molecular formula is C25H32FN5O2. The zero-order valence-electron chi connectivity index (χ0n) is 19.2. The van der Waals surface area contributed by atoms with Crippen LogP contribution in [0.2, 0.25) is 0 Å². The molecule has 176 valence electrons. The van der Waals surface area contributed by atoms with Gasteiger partial charge in [-0.05, 0) is 79.2 Å². The Hall–Kier alpha value is -3.13. The average molecular weight is 454 g/mol. The highest BCUT2D eigenvalue weighted by Gasteiger charge is 2.43. The van der Waals surface area contributed by atoms with Gasteiger partial charge in [0, 0.05) is 50.2 Å². The van der Waals surface area contributed by atoms with Crippen LogP contribution in [0.1, 0.15) is 37.3 Å².